The second-order valence-corrected chi connectivity index (χ2v) is 16.9. The van der Waals surface area contributed by atoms with Crippen LogP contribution in [0.1, 0.15) is 72.2 Å². The molecular weight excluding hydrogens is 605 g/mol. The zero-order valence-electron chi connectivity index (χ0n) is 29.3. The van der Waals surface area contributed by atoms with Crippen molar-refractivity contribution in [3.63, 3.8) is 0 Å². The van der Waals surface area contributed by atoms with Gasteiger partial charge in [-0.25, -0.2) is 0 Å². The summed E-state index contributed by atoms with van der Waals surface area (Å²) in [7, 11) is -2.98. The van der Waals surface area contributed by atoms with Crippen LogP contribution in [-0.4, -0.2) is 8.07 Å². The molecule has 0 unspecified atom stereocenters. The highest BCUT2D eigenvalue weighted by molar-refractivity contribution is 7.29. The Morgan fingerprint density at radius 3 is 0.959 bits per heavy atom. The van der Waals surface area contributed by atoms with E-state index in [9.17, 15) is 0 Å². The smallest absolute Gasteiger partial charge is 0.0623 e. The van der Waals surface area contributed by atoms with E-state index < -0.39 is 8.07 Å². The van der Waals surface area contributed by atoms with Crippen molar-refractivity contribution in [2.45, 2.75) is 53.4 Å². The maximum atomic E-state index is 2.48. The lowest BCUT2D eigenvalue weighted by atomic mass is 9.87. The molecule has 6 aromatic rings. The Bertz CT molecular complexity index is 1990. The summed E-state index contributed by atoms with van der Waals surface area (Å²) in [5, 5.41) is 5.81. The van der Waals surface area contributed by atoms with E-state index in [0.717, 1.165) is 25.7 Å². The van der Waals surface area contributed by atoms with Gasteiger partial charge < -0.3 is 0 Å². The Morgan fingerprint density at radius 1 is 0.327 bits per heavy atom. The Morgan fingerprint density at radius 2 is 0.633 bits per heavy atom. The van der Waals surface area contributed by atoms with E-state index in [1.807, 2.05) is 0 Å². The first kappa shape index (κ1) is 32.6. The molecule has 0 N–H and O–H groups in total. The van der Waals surface area contributed by atoms with E-state index in [-0.39, 0.29) is 0 Å². The van der Waals surface area contributed by atoms with E-state index in [1.165, 1.54) is 76.4 Å². The number of hydrogen-bond donors (Lipinski definition) is 0. The van der Waals surface area contributed by atoms with Gasteiger partial charge in [-0.3, -0.25) is 0 Å². The molecule has 49 heavy (non-hydrogen) atoms. The fourth-order valence-electron chi connectivity index (χ4n) is 7.96. The third kappa shape index (κ3) is 5.87. The van der Waals surface area contributed by atoms with Gasteiger partial charge in [-0.1, -0.05) is 185 Å². The molecule has 0 aromatic heterocycles. The fraction of sp³-hybridized carbons (Fsp3) is 0.167. The molecule has 0 aliphatic carbocycles. The summed E-state index contributed by atoms with van der Waals surface area (Å²) in [6.45, 7) is 9.08. The maximum absolute atomic E-state index is 2.98. The largest absolute Gasteiger partial charge is 0.182 e. The van der Waals surface area contributed by atoms with Crippen LogP contribution in [0.4, 0.5) is 0 Å². The molecule has 1 heterocycles. The van der Waals surface area contributed by atoms with Crippen molar-refractivity contribution < 1.29 is 0 Å². The van der Waals surface area contributed by atoms with Crippen LogP contribution in [-0.2, 0) is 25.7 Å². The molecule has 1 aliphatic heterocycles. The Labute approximate surface area is 294 Å². The number of rotatable bonds is 10. The van der Waals surface area contributed by atoms with Crippen molar-refractivity contribution in [3.05, 3.63) is 202 Å². The Balaban J connectivity index is 1.79. The third-order valence-electron chi connectivity index (χ3n) is 10.4. The zero-order valence-corrected chi connectivity index (χ0v) is 30.3. The first-order valence-electron chi connectivity index (χ1n) is 18.1. The van der Waals surface area contributed by atoms with Gasteiger partial charge in [-0.2, -0.15) is 0 Å². The van der Waals surface area contributed by atoms with Crippen LogP contribution < -0.4 is 10.4 Å². The highest BCUT2D eigenvalue weighted by atomic mass is 28.3. The van der Waals surface area contributed by atoms with Crippen molar-refractivity contribution in [1.29, 1.82) is 0 Å². The fourth-order valence-corrected chi connectivity index (χ4v) is 13.5. The summed E-state index contributed by atoms with van der Waals surface area (Å²) >= 11 is 0. The summed E-state index contributed by atoms with van der Waals surface area (Å²) in [5.41, 5.74) is 13.5. The second-order valence-electron chi connectivity index (χ2n) is 13.2. The Hall–Kier alpha value is -4.98. The molecular formula is C48H46Si. The van der Waals surface area contributed by atoms with Gasteiger partial charge in [-0.15, -0.1) is 0 Å². The summed E-state index contributed by atoms with van der Waals surface area (Å²) < 4.78 is 0. The van der Waals surface area contributed by atoms with Crippen LogP contribution in [0.3, 0.4) is 0 Å². The molecule has 1 aliphatic rings. The van der Waals surface area contributed by atoms with E-state index in [1.54, 1.807) is 0 Å². The molecule has 6 aromatic carbocycles. The first-order chi connectivity index (χ1) is 24.1. The van der Waals surface area contributed by atoms with Crippen LogP contribution >= 0.6 is 0 Å². The van der Waals surface area contributed by atoms with Gasteiger partial charge in [-0.05, 0) is 102 Å². The van der Waals surface area contributed by atoms with E-state index in [0.29, 0.717) is 0 Å². The van der Waals surface area contributed by atoms with Crippen LogP contribution in [0.15, 0.2) is 158 Å². The highest BCUT2D eigenvalue weighted by Gasteiger charge is 2.53. The SMILES string of the molecule is CCc1cccc(C2=C(c3cccc(CC)c3)[Si](c3ccccc3)(c3ccccc3)C(c3cccc(CC)c3)=C2c2cccc(CC)c2)c1. The van der Waals surface area contributed by atoms with Gasteiger partial charge in [0, 0.05) is 0 Å². The second kappa shape index (κ2) is 14.2. The lowest BCUT2D eigenvalue weighted by Crippen LogP contribution is -2.59. The average molecular weight is 651 g/mol. The molecule has 0 saturated carbocycles. The van der Waals surface area contributed by atoms with Gasteiger partial charge in [0.15, 0.2) is 8.07 Å². The minimum Gasteiger partial charge on any atom is -0.0623 e. The maximum Gasteiger partial charge on any atom is 0.182 e. The molecule has 0 atom stereocenters. The van der Waals surface area contributed by atoms with Crippen LogP contribution in [0, 0.1) is 0 Å². The summed E-state index contributed by atoms with van der Waals surface area (Å²) in [5.74, 6) is 0. The highest BCUT2D eigenvalue weighted by Crippen LogP contribution is 2.55. The van der Waals surface area contributed by atoms with E-state index in [4.69, 9.17) is 0 Å². The molecule has 0 bridgehead atoms. The molecule has 0 radical (unpaired) electrons. The minimum absolute atomic E-state index is 0.997. The predicted octanol–water partition coefficient (Wildman–Crippen LogP) is 10.8. The molecule has 0 spiro atoms. The van der Waals surface area contributed by atoms with Crippen molar-refractivity contribution in [2.75, 3.05) is 0 Å². The average Bonchev–Trinajstić information content (AvgIpc) is 3.51. The van der Waals surface area contributed by atoms with Gasteiger partial charge in [0.2, 0.25) is 0 Å². The third-order valence-corrected chi connectivity index (χ3v) is 15.4. The number of hydrogen-bond acceptors (Lipinski definition) is 0. The summed E-state index contributed by atoms with van der Waals surface area (Å²) in [4.78, 5) is 0. The summed E-state index contributed by atoms with van der Waals surface area (Å²) in [6, 6.07) is 60.6. The van der Waals surface area contributed by atoms with Crippen LogP contribution in [0.25, 0.3) is 21.5 Å². The topological polar surface area (TPSA) is 0 Å². The number of benzene rings is 6. The van der Waals surface area contributed by atoms with Crippen molar-refractivity contribution >= 4 is 40.0 Å². The predicted molar refractivity (Wildman–Crippen MR) is 215 cm³/mol. The normalized spacial score (nSPS) is 14.0. The van der Waals surface area contributed by atoms with Gasteiger partial charge in [0.05, 0.1) is 0 Å². The standard InChI is InChI=1S/C48H46Si/c1-5-35-19-15-23-39(31-35)45-46(40-24-16-20-36(6-2)32-40)48(42-26-18-22-38(8-4)34-42)49(43-27-11-9-12-28-43,44-29-13-10-14-30-44)47(45)41-25-17-21-37(7-3)33-41/h9-34H,5-8H2,1-4H3. The molecule has 0 amide bonds. The monoisotopic (exact) mass is 650 g/mol. The van der Waals surface area contributed by atoms with Crippen LogP contribution in [0.2, 0.25) is 0 Å². The lowest BCUT2D eigenvalue weighted by molar-refractivity contribution is 1.14. The van der Waals surface area contributed by atoms with Crippen LogP contribution in [0.5, 0.6) is 0 Å². The zero-order chi connectivity index (χ0) is 33.8. The minimum atomic E-state index is -2.98. The van der Waals surface area contributed by atoms with Crippen molar-refractivity contribution in [3.8, 4) is 0 Å². The first-order valence-corrected chi connectivity index (χ1v) is 20.1. The molecule has 0 fully saturated rings. The van der Waals surface area contributed by atoms with Gasteiger partial charge >= 0.3 is 0 Å². The molecule has 1 heteroatoms. The van der Waals surface area contributed by atoms with Gasteiger partial charge in [0.25, 0.3) is 0 Å². The van der Waals surface area contributed by atoms with Gasteiger partial charge in [0.1, 0.15) is 0 Å². The number of allylic oxidation sites excluding steroid dienone is 2. The van der Waals surface area contributed by atoms with Crippen molar-refractivity contribution in [1.82, 2.24) is 0 Å². The van der Waals surface area contributed by atoms with E-state index >= 15 is 0 Å². The number of aryl methyl sites for hydroxylation is 4. The lowest BCUT2D eigenvalue weighted by Gasteiger charge is -2.36. The van der Waals surface area contributed by atoms with E-state index in [2.05, 4.69) is 185 Å². The molecule has 242 valence electrons. The quantitative estimate of drug-likeness (QED) is 0.129. The van der Waals surface area contributed by atoms with Crippen molar-refractivity contribution in [2.24, 2.45) is 0 Å². The Kier molecular flexibility index (Phi) is 9.46. The molecule has 0 saturated heterocycles. The molecule has 7 rings (SSSR count). The summed E-state index contributed by atoms with van der Waals surface area (Å²) in [6.07, 6.45) is 3.99. The molecule has 0 nitrogen and oxygen atoms in total.